The van der Waals surface area contributed by atoms with Crippen LogP contribution in [0.4, 0.5) is 5.95 Å². The average Bonchev–Trinajstić information content (AvgIpc) is 3.29. The highest BCUT2D eigenvalue weighted by Gasteiger charge is 2.12. The molecule has 9 nitrogen and oxygen atoms in total. The third-order valence-corrected chi connectivity index (χ3v) is 4.62. The number of para-hydroxylation sites is 1. The number of aromatic nitrogens is 5. The number of amides is 1. The van der Waals surface area contributed by atoms with Gasteiger partial charge in [0.1, 0.15) is 0 Å². The van der Waals surface area contributed by atoms with Gasteiger partial charge in [0.15, 0.2) is 0 Å². The minimum atomic E-state index is -0.262. The largest absolute Gasteiger partial charge is 0.356 e. The molecule has 0 radical (unpaired) electrons. The van der Waals surface area contributed by atoms with Gasteiger partial charge in [-0.25, -0.2) is 4.98 Å². The number of aromatic amines is 1. The van der Waals surface area contributed by atoms with Gasteiger partial charge in [0.2, 0.25) is 5.95 Å². The van der Waals surface area contributed by atoms with Crippen LogP contribution in [-0.2, 0) is 0 Å². The standard InChI is InChI=1S/C20H18ClN7O2/c21-13-6-7-16-15(12-13)19(30)27-20(26-16)23-9-3-8-22-18(29)14-4-1-2-5-17(14)28-24-10-11-25-28/h1-2,4-7,10-12H,3,8-9H2,(H,22,29)(H2,23,26,27,30). The Balaban J connectivity index is 1.32. The lowest BCUT2D eigenvalue weighted by molar-refractivity contribution is 0.0953. The second kappa shape index (κ2) is 8.75. The predicted molar refractivity (Wildman–Crippen MR) is 114 cm³/mol. The molecule has 0 atom stereocenters. The molecule has 0 unspecified atom stereocenters. The summed E-state index contributed by atoms with van der Waals surface area (Å²) in [7, 11) is 0. The van der Waals surface area contributed by atoms with E-state index < -0.39 is 0 Å². The quantitative estimate of drug-likeness (QED) is 0.393. The number of H-pyrrole nitrogens is 1. The van der Waals surface area contributed by atoms with Crippen molar-refractivity contribution in [2.75, 3.05) is 18.4 Å². The van der Waals surface area contributed by atoms with E-state index in [0.29, 0.717) is 52.6 Å². The molecule has 1 amide bonds. The van der Waals surface area contributed by atoms with Crippen LogP contribution in [0.3, 0.4) is 0 Å². The summed E-state index contributed by atoms with van der Waals surface area (Å²) in [5.41, 5.74) is 1.39. The summed E-state index contributed by atoms with van der Waals surface area (Å²) >= 11 is 5.92. The maximum atomic E-state index is 12.5. The normalized spacial score (nSPS) is 10.8. The van der Waals surface area contributed by atoms with Crippen LogP contribution in [0.25, 0.3) is 16.6 Å². The molecule has 2 aromatic heterocycles. The van der Waals surface area contributed by atoms with Crippen LogP contribution in [0.15, 0.2) is 59.7 Å². The summed E-state index contributed by atoms with van der Waals surface area (Å²) in [5.74, 6) is 0.160. The van der Waals surface area contributed by atoms with Gasteiger partial charge in [0.05, 0.1) is 34.5 Å². The van der Waals surface area contributed by atoms with E-state index in [1.54, 1.807) is 48.8 Å². The van der Waals surface area contributed by atoms with Gasteiger partial charge in [-0.3, -0.25) is 14.6 Å². The molecule has 0 saturated heterocycles. The third kappa shape index (κ3) is 4.31. The Morgan fingerprint density at radius 2 is 1.90 bits per heavy atom. The van der Waals surface area contributed by atoms with Crippen molar-refractivity contribution in [3.05, 3.63) is 75.8 Å². The van der Waals surface area contributed by atoms with Crippen molar-refractivity contribution < 1.29 is 4.79 Å². The Bertz CT molecular complexity index is 1240. The van der Waals surface area contributed by atoms with Gasteiger partial charge in [-0.2, -0.15) is 15.0 Å². The zero-order chi connectivity index (χ0) is 20.9. The molecule has 0 bridgehead atoms. The first-order chi connectivity index (χ1) is 14.6. The van der Waals surface area contributed by atoms with Crippen molar-refractivity contribution in [2.24, 2.45) is 0 Å². The van der Waals surface area contributed by atoms with E-state index in [1.165, 1.54) is 4.80 Å². The van der Waals surface area contributed by atoms with Gasteiger partial charge in [-0.15, -0.1) is 0 Å². The number of carbonyl (C=O) groups excluding carboxylic acids is 1. The van der Waals surface area contributed by atoms with Gasteiger partial charge < -0.3 is 10.6 Å². The van der Waals surface area contributed by atoms with Gasteiger partial charge in [-0.05, 0) is 36.8 Å². The molecule has 3 N–H and O–H groups in total. The Morgan fingerprint density at radius 1 is 1.10 bits per heavy atom. The summed E-state index contributed by atoms with van der Waals surface area (Å²) in [6.45, 7) is 0.963. The van der Waals surface area contributed by atoms with E-state index in [1.807, 2.05) is 6.07 Å². The van der Waals surface area contributed by atoms with E-state index in [-0.39, 0.29) is 11.5 Å². The van der Waals surface area contributed by atoms with Crippen LogP contribution < -0.4 is 16.2 Å². The topological polar surface area (TPSA) is 118 Å². The lowest BCUT2D eigenvalue weighted by atomic mass is 10.1. The zero-order valence-corrected chi connectivity index (χ0v) is 16.6. The summed E-state index contributed by atoms with van der Waals surface area (Å²) in [5, 5.41) is 15.0. The monoisotopic (exact) mass is 423 g/mol. The number of nitrogens with zero attached hydrogens (tertiary/aromatic N) is 4. The van der Waals surface area contributed by atoms with Crippen molar-refractivity contribution >= 4 is 34.4 Å². The molecule has 152 valence electrons. The van der Waals surface area contributed by atoms with E-state index in [4.69, 9.17) is 11.6 Å². The minimum Gasteiger partial charge on any atom is -0.356 e. The summed E-state index contributed by atoms with van der Waals surface area (Å²) < 4.78 is 0. The fourth-order valence-corrected chi connectivity index (χ4v) is 3.14. The second-order valence-electron chi connectivity index (χ2n) is 6.45. The molecule has 30 heavy (non-hydrogen) atoms. The molecule has 0 spiro atoms. The zero-order valence-electron chi connectivity index (χ0n) is 15.8. The third-order valence-electron chi connectivity index (χ3n) is 4.38. The molecular formula is C20H18ClN7O2. The second-order valence-corrected chi connectivity index (χ2v) is 6.88. The molecule has 10 heteroatoms. The van der Waals surface area contributed by atoms with Crippen molar-refractivity contribution in [2.45, 2.75) is 6.42 Å². The number of hydrogen-bond donors (Lipinski definition) is 3. The summed E-state index contributed by atoms with van der Waals surface area (Å²) in [6.07, 6.45) is 3.75. The van der Waals surface area contributed by atoms with Crippen LogP contribution >= 0.6 is 11.6 Å². The number of halogens is 1. The van der Waals surface area contributed by atoms with Gasteiger partial charge in [0, 0.05) is 18.1 Å². The molecule has 4 rings (SSSR count). The lowest BCUT2D eigenvalue weighted by Crippen LogP contribution is -2.27. The number of hydrogen-bond acceptors (Lipinski definition) is 6. The van der Waals surface area contributed by atoms with E-state index >= 15 is 0 Å². The number of benzene rings is 2. The van der Waals surface area contributed by atoms with Crippen molar-refractivity contribution in [3.8, 4) is 5.69 Å². The maximum absolute atomic E-state index is 12.5. The van der Waals surface area contributed by atoms with Gasteiger partial charge in [-0.1, -0.05) is 23.7 Å². The summed E-state index contributed by atoms with van der Waals surface area (Å²) in [6, 6.07) is 12.1. The number of anilines is 1. The Labute approximate surface area is 176 Å². The predicted octanol–water partition coefficient (Wildman–Crippen LogP) is 2.39. The van der Waals surface area contributed by atoms with E-state index in [9.17, 15) is 9.59 Å². The lowest BCUT2D eigenvalue weighted by Gasteiger charge is -2.10. The molecule has 0 fully saturated rings. The van der Waals surface area contributed by atoms with Crippen LogP contribution in [0.5, 0.6) is 0 Å². The minimum absolute atomic E-state index is 0.211. The molecular weight excluding hydrogens is 406 g/mol. The highest BCUT2D eigenvalue weighted by atomic mass is 35.5. The number of nitrogens with one attached hydrogen (secondary N) is 3. The van der Waals surface area contributed by atoms with Crippen LogP contribution in [-0.4, -0.2) is 44.0 Å². The molecule has 4 aromatic rings. The Morgan fingerprint density at radius 3 is 2.73 bits per heavy atom. The average molecular weight is 424 g/mol. The van der Waals surface area contributed by atoms with Crippen LogP contribution in [0, 0.1) is 0 Å². The fraction of sp³-hybridized carbons (Fsp3) is 0.150. The number of fused-ring (bicyclic) bond motifs is 1. The molecule has 0 aliphatic rings. The number of carbonyl (C=O) groups is 1. The molecule has 0 saturated carbocycles. The molecule has 2 aromatic carbocycles. The molecule has 0 aliphatic heterocycles. The molecule has 2 heterocycles. The van der Waals surface area contributed by atoms with Crippen molar-refractivity contribution in [3.63, 3.8) is 0 Å². The van der Waals surface area contributed by atoms with Gasteiger partial charge in [0.25, 0.3) is 11.5 Å². The smallest absolute Gasteiger partial charge is 0.260 e. The first-order valence-corrected chi connectivity index (χ1v) is 9.67. The SMILES string of the molecule is O=C(NCCCNc1nc2ccc(Cl)cc2c(=O)[nH]1)c1ccccc1-n1nccn1. The highest BCUT2D eigenvalue weighted by molar-refractivity contribution is 6.31. The van der Waals surface area contributed by atoms with E-state index in [2.05, 4.69) is 30.8 Å². The Hall–Kier alpha value is -3.72. The highest BCUT2D eigenvalue weighted by Crippen LogP contribution is 2.15. The first kappa shape index (κ1) is 19.6. The first-order valence-electron chi connectivity index (χ1n) is 9.29. The van der Waals surface area contributed by atoms with Crippen molar-refractivity contribution in [1.82, 2.24) is 30.3 Å². The molecule has 0 aliphatic carbocycles. The number of rotatable bonds is 7. The Kier molecular flexibility index (Phi) is 5.71. The van der Waals surface area contributed by atoms with E-state index in [0.717, 1.165) is 0 Å². The maximum Gasteiger partial charge on any atom is 0.260 e. The van der Waals surface area contributed by atoms with Gasteiger partial charge >= 0.3 is 0 Å². The fourth-order valence-electron chi connectivity index (χ4n) is 2.97. The summed E-state index contributed by atoms with van der Waals surface area (Å²) in [4.78, 5) is 33.2. The van der Waals surface area contributed by atoms with Crippen molar-refractivity contribution in [1.29, 1.82) is 0 Å². The van der Waals surface area contributed by atoms with Crippen LogP contribution in [0.1, 0.15) is 16.8 Å². The van der Waals surface area contributed by atoms with Crippen LogP contribution in [0.2, 0.25) is 5.02 Å².